The highest BCUT2D eigenvalue weighted by atomic mass is 79.9. The second kappa shape index (κ2) is 6.34. The van der Waals surface area contributed by atoms with Gasteiger partial charge in [-0.25, -0.2) is 0 Å². The van der Waals surface area contributed by atoms with Crippen LogP contribution < -0.4 is 5.32 Å². The van der Waals surface area contributed by atoms with E-state index >= 15 is 0 Å². The first-order chi connectivity index (χ1) is 8.79. The van der Waals surface area contributed by atoms with Crippen LogP contribution >= 0.6 is 15.9 Å². The lowest BCUT2D eigenvalue weighted by atomic mass is 9.95. The van der Waals surface area contributed by atoms with Gasteiger partial charge in [-0.3, -0.25) is 4.79 Å². The number of hydrogen-bond donors (Lipinski definition) is 1. The minimum Gasteiger partial charge on any atom is -0.379 e. The van der Waals surface area contributed by atoms with Crippen molar-refractivity contribution in [2.75, 3.05) is 25.1 Å². The van der Waals surface area contributed by atoms with E-state index in [4.69, 9.17) is 4.74 Å². The molecule has 0 aromatic heterocycles. The Hall–Kier alpha value is -0.870. The lowest BCUT2D eigenvalue weighted by Gasteiger charge is -2.15. The molecule has 1 aromatic rings. The molecule has 0 atom stereocenters. The standard InChI is InChI=1S/C14H18BrNO2/c15-8-10-18-11-9-16-13(17)14(6-7-14)12-4-2-1-3-5-12/h1-5H,6-11H2,(H,16,17). The van der Waals surface area contributed by atoms with Crippen LogP contribution in [-0.4, -0.2) is 31.0 Å². The van der Waals surface area contributed by atoms with E-state index in [1.165, 1.54) is 0 Å². The molecule has 0 spiro atoms. The normalized spacial score (nSPS) is 16.3. The molecular formula is C14H18BrNO2. The number of carbonyl (C=O) groups is 1. The molecule has 0 unspecified atom stereocenters. The van der Waals surface area contributed by atoms with Crippen molar-refractivity contribution < 1.29 is 9.53 Å². The third-order valence-corrected chi connectivity index (χ3v) is 3.59. The fourth-order valence-electron chi connectivity index (χ4n) is 2.09. The minimum atomic E-state index is -0.267. The maximum Gasteiger partial charge on any atom is 0.230 e. The van der Waals surface area contributed by atoms with Crippen molar-refractivity contribution in [3.05, 3.63) is 35.9 Å². The molecule has 3 nitrogen and oxygen atoms in total. The molecule has 18 heavy (non-hydrogen) atoms. The van der Waals surface area contributed by atoms with Crippen LogP contribution in [0.1, 0.15) is 18.4 Å². The van der Waals surface area contributed by atoms with Crippen LogP contribution in [0.3, 0.4) is 0 Å². The van der Waals surface area contributed by atoms with Crippen molar-refractivity contribution in [1.82, 2.24) is 5.32 Å². The molecule has 0 radical (unpaired) electrons. The van der Waals surface area contributed by atoms with Gasteiger partial charge in [0.05, 0.1) is 18.6 Å². The van der Waals surface area contributed by atoms with Gasteiger partial charge in [0.15, 0.2) is 0 Å². The summed E-state index contributed by atoms with van der Waals surface area (Å²) in [6, 6.07) is 10.0. The second-order valence-electron chi connectivity index (χ2n) is 4.51. The molecule has 1 N–H and O–H groups in total. The highest BCUT2D eigenvalue weighted by molar-refractivity contribution is 9.09. The van der Waals surface area contributed by atoms with Gasteiger partial charge < -0.3 is 10.1 Å². The largest absolute Gasteiger partial charge is 0.379 e. The first-order valence-corrected chi connectivity index (χ1v) is 7.39. The van der Waals surface area contributed by atoms with E-state index in [0.717, 1.165) is 23.7 Å². The summed E-state index contributed by atoms with van der Waals surface area (Å²) in [5.74, 6) is 0.135. The molecule has 1 fully saturated rings. The fourth-order valence-corrected chi connectivity index (χ4v) is 2.32. The zero-order valence-electron chi connectivity index (χ0n) is 10.3. The summed E-state index contributed by atoms with van der Waals surface area (Å²) in [6.07, 6.45) is 1.90. The smallest absolute Gasteiger partial charge is 0.230 e. The van der Waals surface area contributed by atoms with E-state index in [-0.39, 0.29) is 11.3 Å². The Morgan fingerprint density at radius 1 is 1.28 bits per heavy atom. The molecule has 1 saturated carbocycles. The monoisotopic (exact) mass is 311 g/mol. The highest BCUT2D eigenvalue weighted by Crippen LogP contribution is 2.48. The molecule has 98 valence electrons. The number of rotatable bonds is 7. The molecule has 0 aliphatic heterocycles. The molecule has 0 saturated heterocycles. The Morgan fingerprint density at radius 2 is 2.00 bits per heavy atom. The first-order valence-electron chi connectivity index (χ1n) is 6.27. The minimum absolute atomic E-state index is 0.135. The average Bonchev–Trinajstić information content (AvgIpc) is 3.21. The van der Waals surface area contributed by atoms with Crippen LogP contribution in [-0.2, 0) is 14.9 Å². The Balaban J connectivity index is 1.82. The maximum atomic E-state index is 12.2. The van der Waals surface area contributed by atoms with Gasteiger partial charge in [-0.15, -0.1) is 0 Å². The number of carbonyl (C=O) groups excluding carboxylic acids is 1. The van der Waals surface area contributed by atoms with E-state index in [2.05, 4.69) is 21.2 Å². The molecule has 1 aliphatic rings. The number of alkyl halides is 1. The number of benzene rings is 1. The molecule has 2 rings (SSSR count). The van der Waals surface area contributed by atoms with E-state index in [1.807, 2.05) is 30.3 Å². The highest BCUT2D eigenvalue weighted by Gasteiger charge is 2.50. The van der Waals surface area contributed by atoms with Gasteiger partial charge in [-0.2, -0.15) is 0 Å². The van der Waals surface area contributed by atoms with Crippen molar-refractivity contribution in [3.8, 4) is 0 Å². The van der Waals surface area contributed by atoms with E-state index in [0.29, 0.717) is 19.8 Å². The van der Waals surface area contributed by atoms with Gasteiger partial charge in [-0.1, -0.05) is 46.3 Å². The number of hydrogen-bond acceptors (Lipinski definition) is 2. The molecule has 1 aromatic carbocycles. The molecule has 4 heteroatoms. The number of nitrogens with one attached hydrogen (secondary N) is 1. The van der Waals surface area contributed by atoms with Gasteiger partial charge in [0.25, 0.3) is 0 Å². The first kappa shape index (κ1) is 13.6. The number of amides is 1. The van der Waals surface area contributed by atoms with E-state index in [1.54, 1.807) is 0 Å². The van der Waals surface area contributed by atoms with Crippen LogP contribution in [0.4, 0.5) is 0 Å². The number of halogens is 1. The van der Waals surface area contributed by atoms with Crippen molar-refractivity contribution >= 4 is 21.8 Å². The van der Waals surface area contributed by atoms with Crippen molar-refractivity contribution in [2.45, 2.75) is 18.3 Å². The van der Waals surface area contributed by atoms with Crippen LogP contribution in [0, 0.1) is 0 Å². The average molecular weight is 312 g/mol. The van der Waals surface area contributed by atoms with Gasteiger partial charge in [0.2, 0.25) is 5.91 Å². The molecule has 1 aliphatic carbocycles. The summed E-state index contributed by atoms with van der Waals surface area (Å²) < 4.78 is 5.31. The van der Waals surface area contributed by atoms with E-state index < -0.39 is 0 Å². The summed E-state index contributed by atoms with van der Waals surface area (Å²) >= 11 is 3.29. The lowest BCUT2D eigenvalue weighted by molar-refractivity contribution is -0.123. The van der Waals surface area contributed by atoms with Crippen molar-refractivity contribution in [3.63, 3.8) is 0 Å². The molecular weight excluding hydrogens is 294 g/mol. The quantitative estimate of drug-likeness (QED) is 0.619. The van der Waals surface area contributed by atoms with Crippen LogP contribution in [0.25, 0.3) is 0 Å². The second-order valence-corrected chi connectivity index (χ2v) is 5.30. The zero-order valence-corrected chi connectivity index (χ0v) is 11.9. The molecule has 0 bridgehead atoms. The van der Waals surface area contributed by atoms with Gasteiger partial charge in [0, 0.05) is 11.9 Å². The third kappa shape index (κ3) is 3.12. The molecule has 0 heterocycles. The molecule has 1 amide bonds. The van der Waals surface area contributed by atoms with E-state index in [9.17, 15) is 4.79 Å². The van der Waals surface area contributed by atoms with Crippen LogP contribution in [0.5, 0.6) is 0 Å². The zero-order chi connectivity index (χ0) is 12.8. The van der Waals surface area contributed by atoms with Crippen LogP contribution in [0.15, 0.2) is 30.3 Å². The van der Waals surface area contributed by atoms with Gasteiger partial charge in [0.1, 0.15) is 0 Å². The Labute approximate surface area is 116 Å². The summed E-state index contributed by atoms with van der Waals surface area (Å²) in [5.41, 5.74) is 0.861. The summed E-state index contributed by atoms with van der Waals surface area (Å²) in [4.78, 5) is 12.2. The Kier molecular flexibility index (Phi) is 4.78. The van der Waals surface area contributed by atoms with Crippen LogP contribution in [0.2, 0.25) is 0 Å². The maximum absolute atomic E-state index is 12.2. The summed E-state index contributed by atoms with van der Waals surface area (Å²) in [7, 11) is 0. The van der Waals surface area contributed by atoms with Gasteiger partial charge >= 0.3 is 0 Å². The summed E-state index contributed by atoms with van der Waals surface area (Å²) in [6.45, 7) is 1.84. The Morgan fingerprint density at radius 3 is 2.61 bits per heavy atom. The Bertz CT molecular complexity index is 390. The third-order valence-electron chi connectivity index (χ3n) is 3.26. The van der Waals surface area contributed by atoms with Crippen molar-refractivity contribution in [2.24, 2.45) is 0 Å². The predicted molar refractivity (Wildman–Crippen MR) is 75.0 cm³/mol. The SMILES string of the molecule is O=C(NCCOCCBr)C1(c2ccccc2)CC1. The number of ether oxygens (including phenoxy) is 1. The topological polar surface area (TPSA) is 38.3 Å². The predicted octanol–water partition coefficient (Wildman–Crippen LogP) is 2.25. The van der Waals surface area contributed by atoms with Gasteiger partial charge in [-0.05, 0) is 18.4 Å². The van der Waals surface area contributed by atoms with Crippen molar-refractivity contribution in [1.29, 1.82) is 0 Å². The lowest BCUT2D eigenvalue weighted by Crippen LogP contribution is -2.36. The summed E-state index contributed by atoms with van der Waals surface area (Å²) in [5, 5.41) is 3.79. The fraction of sp³-hybridized carbons (Fsp3) is 0.500.